The lowest BCUT2D eigenvalue weighted by Crippen LogP contribution is -2.52. The number of carbonyl (C=O) groups is 1. The third kappa shape index (κ3) is 3.44. The van der Waals surface area contributed by atoms with Gasteiger partial charge in [0, 0.05) is 26.6 Å². The topological polar surface area (TPSA) is 69.5 Å². The van der Waals surface area contributed by atoms with Crippen molar-refractivity contribution in [1.82, 2.24) is 19.9 Å². The molecule has 1 spiro atoms. The van der Waals surface area contributed by atoms with E-state index in [-0.39, 0.29) is 5.60 Å². The number of hydrogen-bond donors (Lipinski definition) is 0. The first-order valence-corrected chi connectivity index (χ1v) is 9.51. The van der Waals surface area contributed by atoms with Crippen molar-refractivity contribution < 1.29 is 14.3 Å². The molecular weight excluding hydrogens is 320 g/mol. The number of nitrogens with zero attached hydrogens (tertiary/aromatic N) is 4. The van der Waals surface area contributed by atoms with Gasteiger partial charge in [0.15, 0.2) is 0 Å². The molecule has 3 heterocycles. The highest BCUT2D eigenvalue weighted by Crippen LogP contribution is 2.34. The van der Waals surface area contributed by atoms with Crippen LogP contribution in [0.3, 0.4) is 0 Å². The molecule has 1 aliphatic carbocycles. The van der Waals surface area contributed by atoms with E-state index in [1.165, 1.54) is 25.7 Å². The van der Waals surface area contributed by atoms with Gasteiger partial charge in [-0.15, -0.1) is 5.10 Å². The molecule has 1 aromatic rings. The quantitative estimate of drug-likeness (QED) is 0.831. The van der Waals surface area contributed by atoms with E-state index in [4.69, 9.17) is 9.47 Å². The molecule has 7 nitrogen and oxygen atoms in total. The fraction of sp³-hybridized carbons (Fsp3) is 0.833. The fourth-order valence-corrected chi connectivity index (χ4v) is 4.50. The highest BCUT2D eigenvalue weighted by molar-refractivity contribution is 5.76. The monoisotopic (exact) mass is 348 g/mol. The molecule has 1 saturated carbocycles. The average molecular weight is 348 g/mol. The van der Waals surface area contributed by atoms with Crippen LogP contribution in [0.5, 0.6) is 0 Å². The summed E-state index contributed by atoms with van der Waals surface area (Å²) in [7, 11) is 1.66. The zero-order valence-electron chi connectivity index (χ0n) is 15.1. The second kappa shape index (κ2) is 7.03. The summed E-state index contributed by atoms with van der Waals surface area (Å²) in [5.74, 6) is 0.951. The number of carbonyl (C=O) groups excluding carboxylic acids is 1. The van der Waals surface area contributed by atoms with Gasteiger partial charge in [-0.05, 0) is 31.6 Å². The van der Waals surface area contributed by atoms with E-state index in [0.29, 0.717) is 25.0 Å². The Labute approximate surface area is 148 Å². The summed E-state index contributed by atoms with van der Waals surface area (Å²) in [5.41, 5.74) is 1.68. The van der Waals surface area contributed by atoms with Crippen LogP contribution in [-0.4, -0.2) is 51.6 Å². The first kappa shape index (κ1) is 17.0. The summed E-state index contributed by atoms with van der Waals surface area (Å²) in [6.07, 6.45) is 7.53. The smallest absolute Gasteiger partial charge is 0.222 e. The van der Waals surface area contributed by atoms with Gasteiger partial charge in [-0.3, -0.25) is 4.79 Å². The summed E-state index contributed by atoms with van der Waals surface area (Å²) >= 11 is 0. The molecule has 0 atom stereocenters. The summed E-state index contributed by atoms with van der Waals surface area (Å²) in [4.78, 5) is 14.6. The van der Waals surface area contributed by atoms with Crippen LogP contribution in [0.25, 0.3) is 0 Å². The van der Waals surface area contributed by atoms with Crippen LogP contribution < -0.4 is 0 Å². The number of amides is 1. The molecule has 0 bridgehead atoms. The number of likely N-dealkylation sites (tertiary alicyclic amines) is 1. The first-order chi connectivity index (χ1) is 12.2. The molecular formula is C18H28N4O3. The van der Waals surface area contributed by atoms with Gasteiger partial charge in [-0.2, -0.15) is 0 Å². The van der Waals surface area contributed by atoms with Crippen molar-refractivity contribution in [2.24, 2.45) is 5.92 Å². The third-order valence-corrected chi connectivity index (χ3v) is 6.12. The van der Waals surface area contributed by atoms with Crippen molar-refractivity contribution in [3.05, 3.63) is 11.4 Å². The molecule has 0 N–H and O–H groups in total. The van der Waals surface area contributed by atoms with Crippen LogP contribution in [0.2, 0.25) is 0 Å². The van der Waals surface area contributed by atoms with Crippen molar-refractivity contribution in [3.63, 3.8) is 0 Å². The third-order valence-electron chi connectivity index (χ3n) is 6.12. The maximum atomic E-state index is 12.5. The van der Waals surface area contributed by atoms with Gasteiger partial charge < -0.3 is 14.4 Å². The SMILES string of the molecule is COCc1nnn2c1COC1(CCN(C(=O)CC3CCCC3)CC1)C2. The molecule has 25 heavy (non-hydrogen) atoms. The van der Waals surface area contributed by atoms with Gasteiger partial charge in [0.25, 0.3) is 0 Å². The second-order valence-corrected chi connectivity index (χ2v) is 7.78. The Kier molecular flexibility index (Phi) is 4.78. The predicted octanol–water partition coefficient (Wildman–Crippen LogP) is 1.90. The van der Waals surface area contributed by atoms with E-state index in [0.717, 1.165) is 50.3 Å². The molecule has 1 aromatic heterocycles. The van der Waals surface area contributed by atoms with Gasteiger partial charge in [0.05, 0.1) is 31.1 Å². The Morgan fingerprint density at radius 2 is 2.08 bits per heavy atom. The van der Waals surface area contributed by atoms with Crippen molar-refractivity contribution >= 4 is 5.91 Å². The summed E-state index contributed by atoms with van der Waals surface area (Å²) in [5, 5.41) is 8.48. The summed E-state index contributed by atoms with van der Waals surface area (Å²) in [6, 6.07) is 0. The van der Waals surface area contributed by atoms with E-state index in [9.17, 15) is 4.79 Å². The van der Waals surface area contributed by atoms with E-state index in [2.05, 4.69) is 10.3 Å². The lowest BCUT2D eigenvalue weighted by atomic mass is 9.89. The Balaban J connectivity index is 1.34. The van der Waals surface area contributed by atoms with Crippen LogP contribution in [0.15, 0.2) is 0 Å². The van der Waals surface area contributed by atoms with Crippen LogP contribution >= 0.6 is 0 Å². The predicted molar refractivity (Wildman–Crippen MR) is 90.6 cm³/mol. The number of methoxy groups -OCH3 is 1. The Morgan fingerprint density at radius 3 is 2.80 bits per heavy atom. The van der Waals surface area contributed by atoms with Crippen molar-refractivity contribution in [3.8, 4) is 0 Å². The van der Waals surface area contributed by atoms with Crippen molar-refractivity contribution in [2.45, 2.75) is 70.3 Å². The second-order valence-electron chi connectivity index (χ2n) is 7.78. The molecule has 4 rings (SSSR count). The van der Waals surface area contributed by atoms with E-state index < -0.39 is 0 Å². The lowest BCUT2D eigenvalue weighted by molar-refractivity contribution is -0.147. The zero-order chi connectivity index (χ0) is 17.3. The standard InChI is InChI=1S/C18H28N4O3/c1-24-11-15-16-12-25-18(13-22(16)20-19-15)6-8-21(9-7-18)17(23)10-14-4-2-3-5-14/h14H,2-13H2,1H3. The van der Waals surface area contributed by atoms with E-state index >= 15 is 0 Å². The number of piperidine rings is 1. The molecule has 3 aliphatic rings. The van der Waals surface area contributed by atoms with Crippen molar-refractivity contribution in [1.29, 1.82) is 0 Å². The minimum Gasteiger partial charge on any atom is -0.378 e. The number of ether oxygens (including phenoxy) is 2. The summed E-state index contributed by atoms with van der Waals surface area (Å²) in [6.45, 7) is 3.31. The van der Waals surface area contributed by atoms with Gasteiger partial charge in [-0.1, -0.05) is 18.1 Å². The fourth-order valence-electron chi connectivity index (χ4n) is 4.50. The number of fused-ring (bicyclic) bond motifs is 1. The Morgan fingerprint density at radius 1 is 1.32 bits per heavy atom. The van der Waals surface area contributed by atoms with Crippen LogP contribution in [0.1, 0.15) is 56.3 Å². The average Bonchev–Trinajstić information content (AvgIpc) is 3.26. The maximum Gasteiger partial charge on any atom is 0.222 e. The maximum absolute atomic E-state index is 12.5. The minimum atomic E-state index is -0.199. The molecule has 1 amide bonds. The molecule has 138 valence electrons. The first-order valence-electron chi connectivity index (χ1n) is 9.51. The summed E-state index contributed by atoms with van der Waals surface area (Å²) < 4.78 is 13.4. The van der Waals surface area contributed by atoms with E-state index in [1.807, 2.05) is 9.58 Å². The molecule has 1 saturated heterocycles. The number of rotatable bonds is 4. The largest absolute Gasteiger partial charge is 0.378 e. The number of aromatic nitrogens is 3. The molecule has 0 unspecified atom stereocenters. The zero-order valence-corrected chi connectivity index (χ0v) is 15.1. The Bertz CT molecular complexity index is 616. The molecule has 0 aromatic carbocycles. The normalized spacial score (nSPS) is 23.2. The van der Waals surface area contributed by atoms with Gasteiger partial charge in [-0.25, -0.2) is 4.68 Å². The molecule has 0 radical (unpaired) electrons. The van der Waals surface area contributed by atoms with Gasteiger partial charge in [0.2, 0.25) is 5.91 Å². The van der Waals surface area contributed by atoms with E-state index in [1.54, 1.807) is 7.11 Å². The van der Waals surface area contributed by atoms with Gasteiger partial charge >= 0.3 is 0 Å². The highest BCUT2D eigenvalue weighted by Gasteiger charge is 2.41. The van der Waals surface area contributed by atoms with Crippen molar-refractivity contribution in [2.75, 3.05) is 20.2 Å². The van der Waals surface area contributed by atoms with Crippen LogP contribution in [0.4, 0.5) is 0 Å². The molecule has 2 fully saturated rings. The Hall–Kier alpha value is -1.47. The van der Waals surface area contributed by atoms with Gasteiger partial charge in [0.1, 0.15) is 5.69 Å². The number of hydrogen-bond acceptors (Lipinski definition) is 5. The van der Waals surface area contributed by atoms with Crippen LogP contribution in [-0.2, 0) is 34.0 Å². The molecule has 2 aliphatic heterocycles. The van der Waals surface area contributed by atoms with Crippen LogP contribution in [0, 0.1) is 5.92 Å². The minimum absolute atomic E-state index is 0.199. The highest BCUT2D eigenvalue weighted by atomic mass is 16.5. The molecule has 7 heteroatoms. The lowest BCUT2D eigenvalue weighted by Gasteiger charge is -2.43.